The molecule has 0 aliphatic carbocycles. The first-order valence-corrected chi connectivity index (χ1v) is 9.71. The van der Waals surface area contributed by atoms with Crippen molar-refractivity contribution >= 4 is 29.1 Å². The van der Waals surface area contributed by atoms with E-state index in [1.165, 1.54) is 10.5 Å². The Morgan fingerprint density at radius 2 is 1.86 bits per heavy atom. The number of nitrogens with zero attached hydrogens (tertiary/aromatic N) is 2. The van der Waals surface area contributed by atoms with Crippen molar-refractivity contribution in [2.75, 3.05) is 22.5 Å². The molecule has 1 unspecified atom stereocenters. The summed E-state index contributed by atoms with van der Waals surface area (Å²) in [5, 5.41) is 2.85. The molecule has 1 atom stereocenters. The van der Waals surface area contributed by atoms with E-state index in [1.54, 1.807) is 12.1 Å². The summed E-state index contributed by atoms with van der Waals surface area (Å²) in [5.74, 6) is 0.297. The third kappa shape index (κ3) is 4.50. The van der Waals surface area contributed by atoms with Crippen molar-refractivity contribution in [2.24, 2.45) is 5.92 Å². The molecule has 0 saturated heterocycles. The van der Waals surface area contributed by atoms with E-state index in [1.807, 2.05) is 38.1 Å². The Hall–Kier alpha value is -3.09. The lowest BCUT2D eigenvalue weighted by Crippen LogP contribution is -2.51. The van der Waals surface area contributed by atoms with E-state index in [0.717, 1.165) is 0 Å². The SMILES string of the molecule is CC(C)C1Oc2ccc(N)nc2N(CC(=O)Nc2ccc(C(C)(C)C)cc2)C1=O. The molecule has 1 aliphatic heterocycles. The van der Waals surface area contributed by atoms with Crippen LogP contribution in [0.15, 0.2) is 36.4 Å². The Morgan fingerprint density at radius 1 is 1.21 bits per heavy atom. The van der Waals surface area contributed by atoms with Crippen LogP contribution in [0.3, 0.4) is 0 Å². The van der Waals surface area contributed by atoms with Gasteiger partial charge in [0.2, 0.25) is 5.91 Å². The van der Waals surface area contributed by atoms with E-state index < -0.39 is 6.10 Å². The van der Waals surface area contributed by atoms with Gasteiger partial charge in [-0.2, -0.15) is 0 Å². The highest BCUT2D eigenvalue weighted by Crippen LogP contribution is 2.34. The van der Waals surface area contributed by atoms with E-state index in [0.29, 0.717) is 11.4 Å². The number of amides is 2. The number of rotatable bonds is 4. The Bertz CT molecular complexity index is 917. The van der Waals surface area contributed by atoms with Crippen molar-refractivity contribution in [2.45, 2.75) is 46.1 Å². The summed E-state index contributed by atoms with van der Waals surface area (Å²) in [6.07, 6.45) is -0.674. The fourth-order valence-corrected chi connectivity index (χ4v) is 3.15. The van der Waals surface area contributed by atoms with Gasteiger partial charge in [0.1, 0.15) is 12.4 Å². The maximum Gasteiger partial charge on any atom is 0.270 e. The highest BCUT2D eigenvalue weighted by Gasteiger charge is 2.38. The van der Waals surface area contributed by atoms with Gasteiger partial charge in [0.15, 0.2) is 17.7 Å². The van der Waals surface area contributed by atoms with Crippen molar-refractivity contribution < 1.29 is 14.3 Å². The van der Waals surface area contributed by atoms with Gasteiger partial charge in [-0.05, 0) is 41.2 Å². The average molecular weight is 396 g/mol. The topological polar surface area (TPSA) is 97.6 Å². The monoisotopic (exact) mass is 396 g/mol. The third-order valence-electron chi connectivity index (χ3n) is 4.82. The number of fused-ring (bicyclic) bond motifs is 1. The normalized spacial score (nSPS) is 16.4. The number of carbonyl (C=O) groups excluding carboxylic acids is 2. The van der Waals surface area contributed by atoms with Gasteiger partial charge in [0.05, 0.1) is 0 Å². The van der Waals surface area contributed by atoms with Crippen LogP contribution in [0.2, 0.25) is 0 Å². The lowest BCUT2D eigenvalue weighted by Gasteiger charge is -2.34. The number of hydrogen-bond donors (Lipinski definition) is 2. The number of nitrogen functional groups attached to an aromatic ring is 1. The van der Waals surface area contributed by atoms with Gasteiger partial charge in [-0.1, -0.05) is 46.8 Å². The van der Waals surface area contributed by atoms with Crippen molar-refractivity contribution in [1.82, 2.24) is 4.98 Å². The highest BCUT2D eigenvalue weighted by molar-refractivity contribution is 6.05. The first-order valence-electron chi connectivity index (χ1n) is 9.71. The van der Waals surface area contributed by atoms with Crippen LogP contribution in [-0.2, 0) is 15.0 Å². The van der Waals surface area contributed by atoms with Gasteiger partial charge >= 0.3 is 0 Å². The number of nitrogens with two attached hydrogens (primary N) is 1. The molecule has 0 fully saturated rings. The van der Waals surface area contributed by atoms with Crippen LogP contribution in [0, 0.1) is 5.92 Å². The molecule has 0 bridgehead atoms. The zero-order valence-electron chi connectivity index (χ0n) is 17.5. The minimum atomic E-state index is -0.674. The molecule has 3 rings (SSSR count). The van der Waals surface area contributed by atoms with Gasteiger partial charge in [0, 0.05) is 5.69 Å². The number of pyridine rings is 1. The fraction of sp³-hybridized carbons (Fsp3) is 0.409. The van der Waals surface area contributed by atoms with Crippen molar-refractivity contribution in [3.05, 3.63) is 42.0 Å². The largest absolute Gasteiger partial charge is 0.476 e. The van der Waals surface area contributed by atoms with Gasteiger partial charge in [-0.15, -0.1) is 0 Å². The maximum atomic E-state index is 12.9. The lowest BCUT2D eigenvalue weighted by molar-refractivity contribution is -0.129. The van der Waals surface area contributed by atoms with Crippen LogP contribution in [0.5, 0.6) is 5.75 Å². The molecule has 2 heterocycles. The van der Waals surface area contributed by atoms with Crippen molar-refractivity contribution in [1.29, 1.82) is 0 Å². The van der Waals surface area contributed by atoms with Crippen molar-refractivity contribution in [3.8, 4) is 5.75 Å². The predicted molar refractivity (Wildman–Crippen MR) is 114 cm³/mol. The van der Waals surface area contributed by atoms with Crippen molar-refractivity contribution in [3.63, 3.8) is 0 Å². The summed E-state index contributed by atoms with van der Waals surface area (Å²) >= 11 is 0. The molecule has 0 radical (unpaired) electrons. The molecule has 1 aromatic heterocycles. The minimum Gasteiger partial charge on any atom is -0.476 e. The van der Waals surface area contributed by atoms with Crippen LogP contribution >= 0.6 is 0 Å². The number of ether oxygens (including phenoxy) is 1. The predicted octanol–water partition coefficient (Wildman–Crippen LogP) is 3.35. The summed E-state index contributed by atoms with van der Waals surface area (Å²) in [5.41, 5.74) is 7.66. The van der Waals surface area contributed by atoms with E-state index in [-0.39, 0.29) is 41.3 Å². The summed E-state index contributed by atoms with van der Waals surface area (Å²) in [7, 11) is 0. The van der Waals surface area contributed by atoms with E-state index in [2.05, 4.69) is 31.1 Å². The Kier molecular flexibility index (Phi) is 5.50. The molecule has 2 amide bonds. The summed E-state index contributed by atoms with van der Waals surface area (Å²) in [6.45, 7) is 10.0. The van der Waals surface area contributed by atoms with E-state index >= 15 is 0 Å². The van der Waals surface area contributed by atoms with Gasteiger partial charge in [-0.25, -0.2) is 4.98 Å². The zero-order chi connectivity index (χ0) is 21.3. The third-order valence-corrected chi connectivity index (χ3v) is 4.82. The number of aromatic nitrogens is 1. The number of carbonyl (C=O) groups is 2. The van der Waals surface area contributed by atoms with E-state index in [9.17, 15) is 9.59 Å². The molecule has 0 spiro atoms. The Labute approximate surface area is 171 Å². The van der Waals surface area contributed by atoms with Crippen LogP contribution in [-0.4, -0.2) is 29.4 Å². The highest BCUT2D eigenvalue weighted by atomic mass is 16.5. The fourth-order valence-electron chi connectivity index (χ4n) is 3.15. The molecular formula is C22H28N4O3. The van der Waals surface area contributed by atoms with Crippen LogP contribution in [0.25, 0.3) is 0 Å². The Balaban J connectivity index is 1.79. The molecule has 7 nitrogen and oxygen atoms in total. The molecule has 1 aliphatic rings. The average Bonchev–Trinajstić information content (AvgIpc) is 2.63. The number of anilines is 3. The molecule has 154 valence electrons. The second-order valence-corrected chi connectivity index (χ2v) is 8.64. The van der Waals surface area contributed by atoms with Crippen LogP contribution in [0.1, 0.15) is 40.2 Å². The molecule has 2 aromatic rings. The quantitative estimate of drug-likeness (QED) is 0.826. The van der Waals surface area contributed by atoms with Gasteiger partial charge in [0.25, 0.3) is 5.91 Å². The van der Waals surface area contributed by atoms with Crippen LogP contribution in [0.4, 0.5) is 17.3 Å². The first-order chi connectivity index (χ1) is 13.6. The molecule has 7 heteroatoms. The second-order valence-electron chi connectivity index (χ2n) is 8.64. The van der Waals surface area contributed by atoms with Crippen LogP contribution < -0.4 is 20.7 Å². The molecule has 3 N–H and O–H groups in total. The number of benzene rings is 1. The lowest BCUT2D eigenvalue weighted by atomic mass is 9.87. The standard InChI is InChI=1S/C22H28N4O3/c1-13(2)19-21(28)26(20-16(29-19)10-11-17(23)25-20)12-18(27)24-15-8-6-14(7-9-15)22(3,4)5/h6-11,13,19H,12H2,1-5H3,(H2,23,25)(H,24,27). The maximum absolute atomic E-state index is 12.9. The minimum absolute atomic E-state index is 0.0317. The van der Waals surface area contributed by atoms with E-state index in [4.69, 9.17) is 10.5 Å². The summed E-state index contributed by atoms with van der Waals surface area (Å²) < 4.78 is 5.79. The summed E-state index contributed by atoms with van der Waals surface area (Å²) in [6, 6.07) is 11.0. The molecular weight excluding hydrogens is 368 g/mol. The molecule has 1 aromatic carbocycles. The first kappa shape index (κ1) is 20.6. The smallest absolute Gasteiger partial charge is 0.270 e. The van der Waals surface area contributed by atoms with Gasteiger partial charge in [-0.3, -0.25) is 14.5 Å². The second kappa shape index (κ2) is 7.73. The summed E-state index contributed by atoms with van der Waals surface area (Å²) in [4.78, 5) is 31.2. The Morgan fingerprint density at radius 3 is 2.45 bits per heavy atom. The number of hydrogen-bond acceptors (Lipinski definition) is 5. The molecule has 0 saturated carbocycles. The van der Waals surface area contributed by atoms with Gasteiger partial charge < -0.3 is 15.8 Å². The molecule has 29 heavy (non-hydrogen) atoms. The zero-order valence-corrected chi connectivity index (χ0v) is 17.5. The number of nitrogens with one attached hydrogen (secondary N) is 1.